The fourth-order valence-electron chi connectivity index (χ4n) is 4.66. The highest BCUT2D eigenvalue weighted by molar-refractivity contribution is 7.82. The van der Waals surface area contributed by atoms with Gasteiger partial charge in [0.2, 0.25) is 5.90 Å². The third-order valence-corrected chi connectivity index (χ3v) is 9.36. The van der Waals surface area contributed by atoms with Crippen molar-refractivity contribution in [2.45, 2.75) is 83.3 Å². The molecule has 1 aliphatic rings. The number of aliphatic imine (C=N–C) groups is 1. The van der Waals surface area contributed by atoms with Crippen LogP contribution in [0.25, 0.3) is 0 Å². The molecule has 1 aromatic rings. The van der Waals surface area contributed by atoms with E-state index in [-0.39, 0.29) is 6.10 Å². The van der Waals surface area contributed by atoms with Gasteiger partial charge in [-0.25, -0.2) is 13.5 Å². The minimum Gasteiger partial charge on any atom is -0.474 e. The largest absolute Gasteiger partial charge is 0.474 e. The van der Waals surface area contributed by atoms with E-state index in [0.717, 1.165) is 61.8 Å². The molecule has 0 amide bonds. The van der Waals surface area contributed by atoms with Gasteiger partial charge in [0, 0.05) is 35.8 Å². The summed E-state index contributed by atoms with van der Waals surface area (Å²) in [6.45, 7) is 13.8. The summed E-state index contributed by atoms with van der Waals surface area (Å²) < 4.78 is 21.4. The lowest BCUT2D eigenvalue weighted by molar-refractivity contribution is -0.118. The van der Waals surface area contributed by atoms with Crippen LogP contribution in [0.15, 0.2) is 53.0 Å². The summed E-state index contributed by atoms with van der Waals surface area (Å²) in [6.07, 6.45) is 11.7. The Kier molecular flexibility index (Phi) is 13.2. The van der Waals surface area contributed by atoms with Crippen LogP contribution < -0.4 is 0 Å². The molecule has 1 heterocycles. The van der Waals surface area contributed by atoms with Gasteiger partial charge in [-0.05, 0) is 96.7 Å². The number of piperidine rings is 1. The van der Waals surface area contributed by atoms with Crippen LogP contribution in [-0.4, -0.2) is 64.4 Å². The first kappa shape index (κ1) is 31.4. The zero-order valence-electron chi connectivity index (χ0n) is 23.1. The number of carbonyl (C=O) groups is 1. The Bertz CT molecular complexity index is 983. The fraction of sp³-hybridized carbons (Fsp3) is 0.586. The highest BCUT2D eigenvalue weighted by Gasteiger charge is 2.38. The first-order valence-electron chi connectivity index (χ1n) is 13.3. The van der Waals surface area contributed by atoms with Crippen LogP contribution in [0, 0.1) is 12.3 Å². The Morgan fingerprint density at radius 1 is 1.41 bits per heavy atom. The van der Waals surface area contributed by atoms with E-state index in [2.05, 4.69) is 37.4 Å². The maximum Gasteiger partial charge on any atom is 0.213 e. The molecule has 206 valence electrons. The number of nitrogens with zero attached hydrogens (tertiary/aromatic N) is 3. The van der Waals surface area contributed by atoms with E-state index < -0.39 is 16.4 Å². The Morgan fingerprint density at radius 3 is 2.81 bits per heavy atom. The van der Waals surface area contributed by atoms with Crippen molar-refractivity contribution in [2.75, 3.05) is 26.7 Å². The van der Waals surface area contributed by atoms with Crippen LogP contribution in [0.3, 0.4) is 0 Å². The number of hydrogen-bond acceptors (Lipinski definition) is 5. The quantitative estimate of drug-likeness (QED) is 0.154. The van der Waals surface area contributed by atoms with Crippen molar-refractivity contribution < 1.29 is 13.7 Å². The summed E-state index contributed by atoms with van der Waals surface area (Å²) in [6, 6.07) is 5.84. The number of allylic oxidation sites excluding steroid dienone is 1. The van der Waals surface area contributed by atoms with Crippen molar-refractivity contribution >= 4 is 34.8 Å². The second-order valence-electron chi connectivity index (χ2n) is 10.0. The van der Waals surface area contributed by atoms with Gasteiger partial charge in [0.15, 0.2) is 0 Å². The predicted octanol–water partition coefficient (Wildman–Crippen LogP) is 6.36. The number of benzene rings is 1. The second kappa shape index (κ2) is 15.6. The van der Waals surface area contributed by atoms with Gasteiger partial charge in [0.25, 0.3) is 0 Å². The molecule has 37 heavy (non-hydrogen) atoms. The van der Waals surface area contributed by atoms with Crippen molar-refractivity contribution in [3.63, 3.8) is 0 Å². The summed E-state index contributed by atoms with van der Waals surface area (Å²) >= 11 is 6.27. The number of carbonyl (C=O) groups excluding carboxylic acids is 1. The topological polar surface area (TPSA) is 62.2 Å². The summed E-state index contributed by atoms with van der Waals surface area (Å²) in [5.74, 6) is 0.588. The summed E-state index contributed by atoms with van der Waals surface area (Å²) in [5.41, 5.74) is 0.340. The minimum absolute atomic E-state index is 0.0869. The maximum absolute atomic E-state index is 13.4. The molecule has 0 aliphatic carbocycles. The summed E-state index contributed by atoms with van der Waals surface area (Å²) in [4.78, 5) is 19.6. The highest BCUT2D eigenvalue weighted by atomic mass is 35.5. The molecule has 0 bridgehead atoms. The van der Waals surface area contributed by atoms with Crippen LogP contribution in [-0.2, 0) is 20.5 Å². The zero-order chi connectivity index (χ0) is 27.4. The Labute approximate surface area is 231 Å². The van der Waals surface area contributed by atoms with Gasteiger partial charge in [0.05, 0.1) is 4.90 Å². The Hall–Kier alpha value is -1.80. The molecule has 0 radical (unpaired) electrons. The molecule has 1 aromatic carbocycles. The van der Waals surface area contributed by atoms with Gasteiger partial charge in [-0.15, -0.1) is 0 Å². The maximum atomic E-state index is 13.4. The SMILES string of the molecule is C=CN=C(/C=C\C)OC(CC)CCC(C)N(C)CCC1(C=O)CCCN(S(=O)c2cccc(Cl)c2C)C1. The smallest absolute Gasteiger partial charge is 0.213 e. The molecule has 0 spiro atoms. The van der Waals surface area contributed by atoms with E-state index in [1.165, 1.54) is 6.20 Å². The normalized spacial score (nSPS) is 21.6. The zero-order valence-corrected chi connectivity index (χ0v) is 24.7. The molecule has 0 saturated carbocycles. The molecule has 4 unspecified atom stereocenters. The number of rotatable bonds is 14. The van der Waals surface area contributed by atoms with Gasteiger partial charge in [-0.3, -0.25) is 0 Å². The minimum atomic E-state index is -1.34. The molecule has 6 nitrogen and oxygen atoms in total. The first-order valence-corrected chi connectivity index (χ1v) is 14.7. The van der Waals surface area contributed by atoms with Gasteiger partial charge in [-0.1, -0.05) is 37.2 Å². The third kappa shape index (κ3) is 9.17. The molecule has 0 N–H and O–H groups in total. The van der Waals surface area contributed by atoms with Gasteiger partial charge >= 0.3 is 0 Å². The van der Waals surface area contributed by atoms with Crippen molar-refractivity contribution in [3.8, 4) is 0 Å². The van der Waals surface area contributed by atoms with Gasteiger partial charge in [-0.2, -0.15) is 0 Å². The highest BCUT2D eigenvalue weighted by Crippen LogP contribution is 2.34. The van der Waals surface area contributed by atoms with Crippen LogP contribution in [0.4, 0.5) is 0 Å². The summed E-state index contributed by atoms with van der Waals surface area (Å²) in [7, 11) is 0.776. The average Bonchev–Trinajstić information content (AvgIpc) is 2.90. The number of ether oxygens (including phenoxy) is 1. The number of aldehydes is 1. The van der Waals surface area contributed by atoms with Crippen LogP contribution in [0.2, 0.25) is 5.02 Å². The molecule has 1 aliphatic heterocycles. The second-order valence-corrected chi connectivity index (χ2v) is 11.9. The van der Waals surface area contributed by atoms with Crippen molar-refractivity contribution in [1.82, 2.24) is 9.21 Å². The lowest BCUT2D eigenvalue weighted by Gasteiger charge is -2.40. The van der Waals surface area contributed by atoms with E-state index in [4.69, 9.17) is 16.3 Å². The van der Waals surface area contributed by atoms with E-state index in [1.54, 1.807) is 0 Å². The van der Waals surface area contributed by atoms with Gasteiger partial charge in [0.1, 0.15) is 23.4 Å². The molecule has 2 rings (SSSR count). The molecule has 1 fully saturated rings. The number of halogens is 1. The van der Waals surface area contributed by atoms with Crippen molar-refractivity contribution in [1.29, 1.82) is 0 Å². The van der Waals surface area contributed by atoms with E-state index in [1.807, 2.05) is 48.5 Å². The summed E-state index contributed by atoms with van der Waals surface area (Å²) in [5, 5.41) is 0.613. The fourth-order valence-corrected chi connectivity index (χ4v) is 6.41. The molecular formula is C29H44ClN3O3S. The van der Waals surface area contributed by atoms with E-state index in [9.17, 15) is 9.00 Å². The number of hydrogen-bond donors (Lipinski definition) is 0. The van der Waals surface area contributed by atoms with E-state index in [0.29, 0.717) is 30.1 Å². The van der Waals surface area contributed by atoms with Crippen molar-refractivity contribution in [3.05, 3.63) is 53.7 Å². The monoisotopic (exact) mass is 549 g/mol. The lowest BCUT2D eigenvalue weighted by atomic mass is 9.79. The molecule has 8 heteroatoms. The Morgan fingerprint density at radius 2 is 2.16 bits per heavy atom. The standard InChI is InChI=1S/C29H44ClN3O3S/c1-7-12-28(31-9-3)36-25(8-2)16-15-23(4)32(6)20-18-29(22-34)17-11-19-33(21-29)37(35)27-14-10-13-26(30)24(27)5/h7,9-10,12-14,22-23,25H,3,8,11,15-21H2,1-2,4-6H3/b12-7-,31-28?. The molecule has 0 aromatic heterocycles. The first-order chi connectivity index (χ1) is 17.7. The van der Waals surface area contributed by atoms with Crippen molar-refractivity contribution in [2.24, 2.45) is 10.4 Å². The van der Waals surface area contributed by atoms with E-state index >= 15 is 0 Å². The van der Waals surface area contributed by atoms with Crippen LogP contribution in [0.1, 0.15) is 64.9 Å². The predicted molar refractivity (Wildman–Crippen MR) is 155 cm³/mol. The lowest BCUT2D eigenvalue weighted by Crippen LogP contribution is -2.46. The van der Waals surface area contributed by atoms with Crippen LogP contribution >= 0.6 is 11.6 Å². The van der Waals surface area contributed by atoms with Gasteiger partial charge < -0.3 is 14.4 Å². The van der Waals surface area contributed by atoms with Crippen LogP contribution in [0.5, 0.6) is 0 Å². The Balaban J connectivity index is 1.95. The molecule has 1 saturated heterocycles. The average molecular weight is 550 g/mol. The molecule has 4 atom stereocenters. The molecular weight excluding hydrogens is 506 g/mol. The third-order valence-electron chi connectivity index (χ3n) is 7.36.